The van der Waals surface area contributed by atoms with Gasteiger partial charge >= 0.3 is 0 Å². The van der Waals surface area contributed by atoms with E-state index in [9.17, 15) is 4.79 Å². The summed E-state index contributed by atoms with van der Waals surface area (Å²) in [6.07, 6.45) is 7.96. The number of piperidine rings is 1. The number of likely N-dealkylation sites (tertiary alicyclic amines) is 1. The normalized spacial score (nSPS) is 15.5. The molecule has 1 aliphatic rings. The minimum absolute atomic E-state index is 0.168. The number of furan rings is 1. The average molecular weight is 351 g/mol. The van der Waals surface area contributed by atoms with Crippen LogP contribution in [0.3, 0.4) is 0 Å². The van der Waals surface area contributed by atoms with Crippen molar-refractivity contribution in [2.24, 2.45) is 0 Å². The Balaban J connectivity index is 1.40. The van der Waals surface area contributed by atoms with Crippen LogP contribution in [-0.2, 0) is 13.1 Å². The van der Waals surface area contributed by atoms with Crippen molar-refractivity contribution in [1.82, 2.24) is 20.0 Å². The van der Waals surface area contributed by atoms with Crippen LogP contribution in [0.4, 0.5) is 0 Å². The number of nitrogens with zero attached hydrogens (tertiary/aromatic N) is 3. The van der Waals surface area contributed by atoms with E-state index in [-0.39, 0.29) is 5.91 Å². The van der Waals surface area contributed by atoms with Crippen molar-refractivity contribution in [2.45, 2.75) is 38.8 Å². The Kier molecular flexibility index (Phi) is 5.93. The zero-order chi connectivity index (χ0) is 16.8. The number of amides is 1. The van der Waals surface area contributed by atoms with E-state index in [1.807, 2.05) is 6.07 Å². The molecule has 0 aromatic carbocycles. The van der Waals surface area contributed by atoms with E-state index in [4.69, 9.17) is 16.0 Å². The molecule has 6 nitrogen and oxygen atoms in total. The molecule has 1 saturated heterocycles. The van der Waals surface area contributed by atoms with Crippen molar-refractivity contribution in [2.75, 3.05) is 19.6 Å². The molecule has 2 aromatic heterocycles. The molecule has 1 amide bonds. The van der Waals surface area contributed by atoms with Gasteiger partial charge in [0.25, 0.3) is 5.91 Å². The molecule has 3 rings (SSSR count). The highest BCUT2D eigenvalue weighted by atomic mass is 35.5. The lowest BCUT2D eigenvalue weighted by Gasteiger charge is -2.25. The monoisotopic (exact) mass is 350 g/mol. The zero-order valence-electron chi connectivity index (χ0n) is 13.7. The van der Waals surface area contributed by atoms with E-state index in [0.717, 1.165) is 31.8 Å². The van der Waals surface area contributed by atoms with Crippen molar-refractivity contribution in [3.8, 4) is 0 Å². The third-order valence-electron chi connectivity index (χ3n) is 4.16. The number of carbonyl (C=O) groups excluding carboxylic acids is 1. The second-order valence-corrected chi connectivity index (χ2v) is 6.57. The number of carbonyl (C=O) groups is 1. The lowest BCUT2D eigenvalue weighted by molar-refractivity contribution is 0.0920. The second kappa shape index (κ2) is 8.35. The maximum atomic E-state index is 12.1. The molecular formula is C17H23ClN4O2. The molecule has 1 aliphatic heterocycles. The smallest absolute Gasteiger partial charge is 0.286 e. The summed E-state index contributed by atoms with van der Waals surface area (Å²) >= 11 is 5.81. The average Bonchev–Trinajstić information content (AvgIpc) is 3.21. The van der Waals surface area contributed by atoms with Gasteiger partial charge in [-0.1, -0.05) is 18.0 Å². The van der Waals surface area contributed by atoms with Crippen LogP contribution in [0.5, 0.6) is 0 Å². The fraction of sp³-hybridized carbons (Fsp3) is 0.529. The third-order valence-corrected chi connectivity index (χ3v) is 4.36. The number of aryl methyl sites for hydroxylation is 1. The number of rotatable bonds is 7. The van der Waals surface area contributed by atoms with Gasteiger partial charge in [0, 0.05) is 19.3 Å². The Bertz CT molecular complexity index is 661. The number of halogens is 1. The van der Waals surface area contributed by atoms with Crippen molar-refractivity contribution in [3.63, 3.8) is 0 Å². The van der Waals surface area contributed by atoms with Crippen LogP contribution in [0, 0.1) is 0 Å². The predicted octanol–water partition coefficient (Wildman–Crippen LogP) is 2.94. The highest BCUT2D eigenvalue weighted by Crippen LogP contribution is 2.15. The zero-order valence-corrected chi connectivity index (χ0v) is 14.5. The quantitative estimate of drug-likeness (QED) is 0.780. The van der Waals surface area contributed by atoms with Gasteiger partial charge in [0.1, 0.15) is 5.76 Å². The second-order valence-electron chi connectivity index (χ2n) is 6.13. The van der Waals surface area contributed by atoms with Crippen molar-refractivity contribution in [1.29, 1.82) is 0 Å². The van der Waals surface area contributed by atoms with Gasteiger partial charge in [-0.15, -0.1) is 0 Å². The molecule has 2 aromatic rings. The molecule has 0 bridgehead atoms. The van der Waals surface area contributed by atoms with Gasteiger partial charge in [0.2, 0.25) is 0 Å². The van der Waals surface area contributed by atoms with Crippen LogP contribution < -0.4 is 5.32 Å². The number of nitrogens with one attached hydrogen (secondary N) is 1. The van der Waals surface area contributed by atoms with Gasteiger partial charge in [0.05, 0.1) is 17.8 Å². The molecule has 130 valence electrons. The minimum Gasteiger partial charge on any atom is -0.455 e. The molecule has 24 heavy (non-hydrogen) atoms. The Morgan fingerprint density at radius 1 is 1.29 bits per heavy atom. The van der Waals surface area contributed by atoms with Crippen molar-refractivity contribution < 1.29 is 9.21 Å². The fourth-order valence-electron chi connectivity index (χ4n) is 2.91. The first kappa shape index (κ1) is 17.0. The van der Waals surface area contributed by atoms with E-state index in [0.29, 0.717) is 23.9 Å². The van der Waals surface area contributed by atoms with Crippen LogP contribution >= 0.6 is 11.6 Å². The molecule has 0 unspecified atom stereocenters. The summed E-state index contributed by atoms with van der Waals surface area (Å²) in [7, 11) is 0. The SMILES string of the molecule is O=C(NCCCn1cc(Cl)cn1)c1ccc(CN2CCCCC2)o1. The first-order valence-corrected chi connectivity index (χ1v) is 8.86. The molecule has 1 N–H and O–H groups in total. The Hall–Kier alpha value is -1.79. The van der Waals surface area contributed by atoms with E-state index in [1.54, 1.807) is 23.1 Å². The number of aromatic nitrogens is 2. The van der Waals surface area contributed by atoms with Crippen LogP contribution in [-0.4, -0.2) is 40.2 Å². The van der Waals surface area contributed by atoms with Gasteiger partial charge in [-0.2, -0.15) is 5.10 Å². The maximum absolute atomic E-state index is 12.1. The summed E-state index contributed by atoms with van der Waals surface area (Å²) < 4.78 is 7.44. The van der Waals surface area contributed by atoms with E-state index >= 15 is 0 Å². The van der Waals surface area contributed by atoms with E-state index in [2.05, 4.69) is 15.3 Å². The summed E-state index contributed by atoms with van der Waals surface area (Å²) in [5.41, 5.74) is 0. The summed E-state index contributed by atoms with van der Waals surface area (Å²) in [5, 5.41) is 7.59. The summed E-state index contributed by atoms with van der Waals surface area (Å²) in [5.74, 6) is 1.07. The molecule has 1 fully saturated rings. The standard InChI is InChI=1S/C17H23ClN4O2/c18-14-11-20-22(12-14)10-4-7-19-17(23)16-6-5-15(24-16)13-21-8-2-1-3-9-21/h5-6,11-12H,1-4,7-10,13H2,(H,19,23). The molecule has 0 radical (unpaired) electrons. The summed E-state index contributed by atoms with van der Waals surface area (Å²) in [4.78, 5) is 14.5. The fourth-order valence-corrected chi connectivity index (χ4v) is 3.07. The molecule has 0 aliphatic carbocycles. The molecule has 0 saturated carbocycles. The van der Waals surface area contributed by atoms with Crippen molar-refractivity contribution in [3.05, 3.63) is 41.1 Å². The minimum atomic E-state index is -0.168. The van der Waals surface area contributed by atoms with Gasteiger partial charge < -0.3 is 9.73 Å². The lowest BCUT2D eigenvalue weighted by atomic mass is 10.1. The number of hydrogen-bond donors (Lipinski definition) is 1. The van der Waals surface area contributed by atoms with Gasteiger partial charge in [-0.25, -0.2) is 0 Å². The summed E-state index contributed by atoms with van der Waals surface area (Å²) in [6, 6.07) is 3.65. The molecule has 7 heteroatoms. The Morgan fingerprint density at radius 2 is 2.12 bits per heavy atom. The van der Waals surface area contributed by atoms with E-state index in [1.165, 1.54) is 19.3 Å². The number of hydrogen-bond acceptors (Lipinski definition) is 4. The highest BCUT2D eigenvalue weighted by molar-refractivity contribution is 6.30. The van der Waals surface area contributed by atoms with Gasteiger partial charge in [-0.05, 0) is 44.5 Å². The summed E-state index contributed by atoms with van der Waals surface area (Å²) in [6.45, 7) is 4.29. The van der Waals surface area contributed by atoms with Crippen LogP contribution in [0.1, 0.15) is 42.0 Å². The highest BCUT2D eigenvalue weighted by Gasteiger charge is 2.15. The van der Waals surface area contributed by atoms with E-state index < -0.39 is 0 Å². The van der Waals surface area contributed by atoms with Crippen molar-refractivity contribution >= 4 is 17.5 Å². The lowest BCUT2D eigenvalue weighted by Crippen LogP contribution is -2.29. The first-order valence-electron chi connectivity index (χ1n) is 8.48. The predicted molar refractivity (Wildman–Crippen MR) is 92.0 cm³/mol. The van der Waals surface area contributed by atoms with Gasteiger partial charge in [0.15, 0.2) is 5.76 Å². The molecule has 0 atom stereocenters. The molecular weight excluding hydrogens is 328 g/mol. The first-order chi connectivity index (χ1) is 11.7. The maximum Gasteiger partial charge on any atom is 0.286 e. The van der Waals surface area contributed by atoms with Crippen LogP contribution in [0.25, 0.3) is 0 Å². The molecule has 3 heterocycles. The third kappa shape index (κ3) is 4.85. The largest absolute Gasteiger partial charge is 0.455 e. The van der Waals surface area contributed by atoms with Crippen LogP contribution in [0.2, 0.25) is 5.02 Å². The molecule has 0 spiro atoms. The van der Waals surface area contributed by atoms with Crippen LogP contribution in [0.15, 0.2) is 28.9 Å². The Morgan fingerprint density at radius 3 is 2.88 bits per heavy atom. The Labute approximate surface area is 146 Å². The topological polar surface area (TPSA) is 63.3 Å². The van der Waals surface area contributed by atoms with Gasteiger partial charge in [-0.3, -0.25) is 14.4 Å².